The number of halogens is 1. The Hall–Kier alpha value is -1.26. The van der Waals surface area contributed by atoms with Gasteiger partial charge in [0.2, 0.25) is 0 Å². The van der Waals surface area contributed by atoms with Crippen molar-refractivity contribution in [2.45, 2.75) is 6.61 Å². The zero-order valence-electron chi connectivity index (χ0n) is 8.20. The van der Waals surface area contributed by atoms with Crippen LogP contribution in [0.25, 0.3) is 0 Å². The molecule has 0 atom stereocenters. The third-order valence-electron chi connectivity index (χ3n) is 1.74. The average Bonchev–Trinajstić information content (AvgIpc) is 2.20. The molecule has 5 heteroatoms. The molecule has 0 amide bonds. The summed E-state index contributed by atoms with van der Waals surface area (Å²) in [4.78, 5) is 10.2. The lowest BCUT2D eigenvalue weighted by Gasteiger charge is -2.06. The fraction of sp³-hybridized carbons (Fsp3) is 0.300. The molecule has 0 aromatic heterocycles. The van der Waals surface area contributed by atoms with Crippen LogP contribution in [0.5, 0.6) is 5.75 Å². The molecule has 1 N–H and O–H groups in total. The Balaban J connectivity index is 2.58. The van der Waals surface area contributed by atoms with Gasteiger partial charge < -0.3 is 14.6 Å². The second-order valence-electron chi connectivity index (χ2n) is 2.84. The SMILES string of the molecule is COc1ccc(COCC(=O)O)c(Cl)c1. The van der Waals surface area contributed by atoms with Crippen LogP contribution in [0.4, 0.5) is 0 Å². The molecule has 15 heavy (non-hydrogen) atoms. The van der Waals surface area contributed by atoms with Crippen LogP contribution in [-0.4, -0.2) is 24.8 Å². The van der Waals surface area contributed by atoms with Crippen LogP contribution in [0.2, 0.25) is 5.02 Å². The van der Waals surface area contributed by atoms with Crippen molar-refractivity contribution in [3.8, 4) is 5.75 Å². The minimum atomic E-state index is -1.00. The van der Waals surface area contributed by atoms with Crippen LogP contribution in [0, 0.1) is 0 Å². The van der Waals surface area contributed by atoms with E-state index in [0.29, 0.717) is 10.8 Å². The lowest BCUT2D eigenvalue weighted by molar-refractivity contribution is -0.142. The molecule has 0 bridgehead atoms. The summed E-state index contributed by atoms with van der Waals surface area (Å²) in [7, 11) is 1.55. The standard InChI is InChI=1S/C10H11ClO4/c1-14-8-3-2-7(9(11)4-8)5-15-6-10(12)13/h2-4H,5-6H2,1H3,(H,12,13). The van der Waals surface area contributed by atoms with Crippen LogP contribution >= 0.6 is 11.6 Å². The van der Waals surface area contributed by atoms with E-state index in [1.165, 1.54) is 0 Å². The van der Waals surface area contributed by atoms with E-state index in [0.717, 1.165) is 5.56 Å². The fourth-order valence-electron chi connectivity index (χ4n) is 1.02. The van der Waals surface area contributed by atoms with Crippen molar-refractivity contribution in [3.63, 3.8) is 0 Å². The number of carboxylic acids is 1. The normalized spacial score (nSPS) is 10.0. The van der Waals surface area contributed by atoms with Gasteiger partial charge in [-0.3, -0.25) is 0 Å². The first-order valence-corrected chi connectivity index (χ1v) is 4.63. The Morgan fingerprint density at radius 3 is 2.80 bits per heavy atom. The molecule has 1 aromatic rings. The summed E-state index contributed by atoms with van der Waals surface area (Å²) in [6.45, 7) is -0.155. The molecule has 0 saturated heterocycles. The topological polar surface area (TPSA) is 55.8 Å². The molecule has 1 aromatic carbocycles. The monoisotopic (exact) mass is 230 g/mol. The van der Waals surface area contributed by atoms with Crippen LogP contribution in [0.15, 0.2) is 18.2 Å². The van der Waals surface area contributed by atoms with Crippen molar-refractivity contribution in [3.05, 3.63) is 28.8 Å². The Morgan fingerprint density at radius 1 is 1.53 bits per heavy atom. The number of methoxy groups -OCH3 is 1. The van der Waals surface area contributed by atoms with Gasteiger partial charge >= 0.3 is 5.97 Å². The van der Waals surface area contributed by atoms with E-state index < -0.39 is 5.97 Å². The molecule has 0 aliphatic rings. The first kappa shape index (κ1) is 11.8. The minimum absolute atomic E-state index is 0.176. The minimum Gasteiger partial charge on any atom is -0.497 e. The number of hydrogen-bond acceptors (Lipinski definition) is 3. The van der Waals surface area contributed by atoms with Gasteiger partial charge in [-0.05, 0) is 17.7 Å². The third-order valence-corrected chi connectivity index (χ3v) is 2.10. The molecule has 82 valence electrons. The van der Waals surface area contributed by atoms with E-state index in [9.17, 15) is 4.79 Å². The van der Waals surface area contributed by atoms with E-state index >= 15 is 0 Å². The van der Waals surface area contributed by atoms with Gasteiger partial charge in [-0.15, -0.1) is 0 Å². The quantitative estimate of drug-likeness (QED) is 0.840. The van der Waals surface area contributed by atoms with Crippen LogP contribution in [0.3, 0.4) is 0 Å². The zero-order valence-corrected chi connectivity index (χ0v) is 8.95. The summed E-state index contributed by atoms with van der Waals surface area (Å²) >= 11 is 5.92. The highest BCUT2D eigenvalue weighted by Gasteiger charge is 2.03. The van der Waals surface area contributed by atoms with Crippen molar-refractivity contribution in [1.29, 1.82) is 0 Å². The molecule has 0 fully saturated rings. The van der Waals surface area contributed by atoms with E-state index in [4.69, 9.17) is 26.2 Å². The van der Waals surface area contributed by atoms with Gasteiger partial charge in [0.15, 0.2) is 0 Å². The second-order valence-corrected chi connectivity index (χ2v) is 3.25. The molecule has 0 heterocycles. The summed E-state index contributed by atoms with van der Waals surface area (Å²) in [6.07, 6.45) is 0. The Morgan fingerprint density at radius 2 is 2.27 bits per heavy atom. The predicted molar refractivity (Wildman–Crippen MR) is 55.3 cm³/mol. The maximum atomic E-state index is 10.2. The Kier molecular flexibility index (Phi) is 4.39. The molecule has 0 unspecified atom stereocenters. The van der Waals surface area contributed by atoms with Crippen molar-refractivity contribution in [2.24, 2.45) is 0 Å². The molecule has 0 spiro atoms. The van der Waals surface area contributed by atoms with E-state index in [1.807, 2.05) is 0 Å². The van der Waals surface area contributed by atoms with Gasteiger partial charge in [0, 0.05) is 5.02 Å². The highest BCUT2D eigenvalue weighted by Crippen LogP contribution is 2.22. The Labute approximate surface area is 92.4 Å². The van der Waals surface area contributed by atoms with Crippen LogP contribution in [0.1, 0.15) is 5.56 Å². The highest BCUT2D eigenvalue weighted by molar-refractivity contribution is 6.31. The first-order chi connectivity index (χ1) is 7.13. The van der Waals surface area contributed by atoms with Gasteiger partial charge in [-0.25, -0.2) is 4.79 Å². The van der Waals surface area contributed by atoms with Crippen molar-refractivity contribution in [1.82, 2.24) is 0 Å². The number of ether oxygens (including phenoxy) is 2. The molecule has 0 radical (unpaired) electrons. The van der Waals surface area contributed by atoms with Crippen molar-refractivity contribution < 1.29 is 19.4 Å². The zero-order chi connectivity index (χ0) is 11.3. The van der Waals surface area contributed by atoms with Gasteiger partial charge in [0.1, 0.15) is 12.4 Å². The predicted octanol–water partition coefficient (Wildman–Crippen LogP) is 1.95. The lowest BCUT2D eigenvalue weighted by atomic mass is 10.2. The number of benzene rings is 1. The van der Waals surface area contributed by atoms with E-state index in [1.54, 1.807) is 25.3 Å². The molecular formula is C10H11ClO4. The van der Waals surface area contributed by atoms with E-state index in [-0.39, 0.29) is 13.2 Å². The summed E-state index contributed by atoms with van der Waals surface area (Å²) in [5, 5.41) is 8.86. The van der Waals surface area contributed by atoms with Crippen molar-refractivity contribution >= 4 is 17.6 Å². The van der Waals surface area contributed by atoms with Crippen molar-refractivity contribution in [2.75, 3.05) is 13.7 Å². The number of hydrogen-bond donors (Lipinski definition) is 1. The van der Waals surface area contributed by atoms with E-state index in [2.05, 4.69) is 0 Å². The molecular weight excluding hydrogens is 220 g/mol. The third kappa shape index (κ3) is 3.77. The molecule has 0 aliphatic heterocycles. The second kappa shape index (κ2) is 5.58. The summed E-state index contributed by atoms with van der Waals surface area (Å²) < 4.78 is 9.88. The smallest absolute Gasteiger partial charge is 0.329 e. The molecule has 4 nitrogen and oxygen atoms in total. The van der Waals surface area contributed by atoms with Gasteiger partial charge in [0.05, 0.1) is 13.7 Å². The first-order valence-electron chi connectivity index (χ1n) is 4.25. The molecule has 0 saturated carbocycles. The average molecular weight is 231 g/mol. The maximum Gasteiger partial charge on any atom is 0.329 e. The maximum absolute atomic E-state index is 10.2. The molecule has 0 aliphatic carbocycles. The summed E-state index contributed by atoms with van der Waals surface area (Å²) in [6, 6.07) is 5.13. The lowest BCUT2D eigenvalue weighted by Crippen LogP contribution is -2.06. The van der Waals surface area contributed by atoms with Crippen LogP contribution in [-0.2, 0) is 16.1 Å². The number of rotatable bonds is 5. The van der Waals surface area contributed by atoms with Gasteiger partial charge in [-0.1, -0.05) is 17.7 Å². The van der Waals surface area contributed by atoms with Gasteiger partial charge in [0.25, 0.3) is 0 Å². The Bertz CT molecular complexity index is 351. The summed E-state index contributed by atoms with van der Waals surface area (Å²) in [5.74, 6) is -0.346. The van der Waals surface area contributed by atoms with Gasteiger partial charge in [-0.2, -0.15) is 0 Å². The fourth-order valence-corrected chi connectivity index (χ4v) is 1.25. The summed E-state index contributed by atoms with van der Waals surface area (Å²) in [5.41, 5.74) is 0.735. The number of aliphatic carboxylic acids is 1. The van der Waals surface area contributed by atoms with Crippen LogP contribution < -0.4 is 4.74 Å². The highest BCUT2D eigenvalue weighted by atomic mass is 35.5. The number of carboxylic acid groups (broad SMARTS) is 1. The molecule has 1 rings (SSSR count). The largest absolute Gasteiger partial charge is 0.497 e. The number of carbonyl (C=O) groups is 1.